The monoisotopic (exact) mass is 263 g/mol. The van der Waals surface area contributed by atoms with Gasteiger partial charge in [-0.15, -0.1) is 0 Å². The normalized spacial score (nSPS) is 15.9. The zero-order valence-corrected chi connectivity index (χ0v) is 10.8. The minimum atomic E-state index is -0.532. The fourth-order valence-corrected chi connectivity index (χ4v) is 2.30. The van der Waals surface area contributed by atoms with Gasteiger partial charge >= 0.3 is 0 Å². The lowest BCUT2D eigenvalue weighted by Gasteiger charge is -2.27. The van der Waals surface area contributed by atoms with Crippen LogP contribution in [0.5, 0.6) is 0 Å². The summed E-state index contributed by atoms with van der Waals surface area (Å²) in [5.74, 6) is 0.0939. The van der Waals surface area contributed by atoms with Crippen LogP contribution in [0.15, 0.2) is 24.3 Å². The molecule has 1 atom stereocenters. The van der Waals surface area contributed by atoms with E-state index in [-0.39, 0.29) is 23.2 Å². The van der Waals surface area contributed by atoms with Gasteiger partial charge in [-0.05, 0) is 24.8 Å². The predicted molar refractivity (Wildman–Crippen MR) is 70.8 cm³/mol. The maximum absolute atomic E-state index is 12.4. The Morgan fingerprint density at radius 2 is 2.16 bits per heavy atom. The molecule has 1 aromatic rings. The molecule has 1 aliphatic rings. The Hall–Kier alpha value is -1.95. The molecular weight excluding hydrogens is 246 g/mol. The fourth-order valence-electron chi connectivity index (χ4n) is 2.30. The number of nitro benzene ring substituents is 1. The van der Waals surface area contributed by atoms with Crippen molar-refractivity contribution in [2.24, 2.45) is 11.7 Å². The van der Waals surface area contributed by atoms with Crippen LogP contribution in [-0.2, 0) is 0 Å². The van der Waals surface area contributed by atoms with Crippen molar-refractivity contribution in [3.8, 4) is 0 Å². The Morgan fingerprint density at radius 1 is 1.53 bits per heavy atom. The SMILES string of the molecule is CN(C(=O)c1ccccc1[N+](=O)[O-])C(CN)C1CC1. The van der Waals surface area contributed by atoms with Gasteiger partial charge in [0, 0.05) is 25.7 Å². The average Bonchev–Trinajstić information content (AvgIpc) is 3.23. The summed E-state index contributed by atoms with van der Waals surface area (Å²) in [6, 6.07) is 5.97. The smallest absolute Gasteiger partial charge is 0.282 e. The van der Waals surface area contributed by atoms with Crippen LogP contribution in [0.4, 0.5) is 5.69 Å². The Bertz CT molecular complexity index is 500. The minimum absolute atomic E-state index is 0.0349. The van der Waals surface area contributed by atoms with Crippen LogP contribution in [0, 0.1) is 16.0 Å². The number of nitro groups is 1. The van der Waals surface area contributed by atoms with Gasteiger partial charge in [0.1, 0.15) is 5.56 Å². The van der Waals surface area contributed by atoms with E-state index in [0.29, 0.717) is 12.5 Å². The van der Waals surface area contributed by atoms with E-state index < -0.39 is 4.92 Å². The molecule has 102 valence electrons. The van der Waals surface area contributed by atoms with E-state index in [1.165, 1.54) is 12.1 Å². The van der Waals surface area contributed by atoms with Gasteiger partial charge in [-0.3, -0.25) is 14.9 Å². The molecule has 6 heteroatoms. The zero-order valence-electron chi connectivity index (χ0n) is 10.8. The number of carbonyl (C=O) groups is 1. The number of benzene rings is 1. The highest BCUT2D eigenvalue weighted by Crippen LogP contribution is 2.35. The van der Waals surface area contributed by atoms with Gasteiger partial charge in [0.05, 0.1) is 4.92 Å². The van der Waals surface area contributed by atoms with Crippen LogP contribution in [0.2, 0.25) is 0 Å². The number of para-hydroxylation sites is 1. The summed E-state index contributed by atoms with van der Waals surface area (Å²) in [6.45, 7) is 0.382. The van der Waals surface area contributed by atoms with Crippen molar-refractivity contribution < 1.29 is 9.72 Å². The van der Waals surface area contributed by atoms with E-state index in [1.807, 2.05) is 0 Å². The molecule has 1 fully saturated rings. The highest BCUT2D eigenvalue weighted by atomic mass is 16.6. The van der Waals surface area contributed by atoms with Crippen molar-refractivity contribution in [3.05, 3.63) is 39.9 Å². The number of likely N-dealkylation sites (N-methyl/N-ethyl adjacent to an activating group) is 1. The van der Waals surface area contributed by atoms with Crippen LogP contribution in [0.3, 0.4) is 0 Å². The third-order valence-corrected chi connectivity index (χ3v) is 3.56. The Morgan fingerprint density at radius 3 is 2.68 bits per heavy atom. The second kappa shape index (κ2) is 5.36. The van der Waals surface area contributed by atoms with Crippen molar-refractivity contribution in [2.75, 3.05) is 13.6 Å². The molecule has 0 saturated heterocycles. The molecule has 0 aliphatic heterocycles. The van der Waals surface area contributed by atoms with Crippen molar-refractivity contribution in [2.45, 2.75) is 18.9 Å². The summed E-state index contributed by atoms with van der Waals surface area (Å²) in [5, 5.41) is 10.9. The number of carbonyl (C=O) groups excluding carboxylic acids is 1. The molecule has 1 unspecified atom stereocenters. The molecule has 0 aromatic heterocycles. The van der Waals surface area contributed by atoms with Gasteiger partial charge in [0.15, 0.2) is 0 Å². The summed E-state index contributed by atoms with van der Waals surface area (Å²) < 4.78 is 0. The molecule has 1 aliphatic carbocycles. The first kappa shape index (κ1) is 13.5. The summed E-state index contributed by atoms with van der Waals surface area (Å²) >= 11 is 0. The number of hydrogen-bond acceptors (Lipinski definition) is 4. The number of hydrogen-bond donors (Lipinski definition) is 1. The van der Waals surface area contributed by atoms with Gasteiger partial charge in [-0.2, -0.15) is 0 Å². The maximum Gasteiger partial charge on any atom is 0.282 e. The molecule has 0 radical (unpaired) electrons. The third kappa shape index (κ3) is 2.73. The molecule has 19 heavy (non-hydrogen) atoms. The highest BCUT2D eigenvalue weighted by Gasteiger charge is 2.36. The summed E-state index contributed by atoms with van der Waals surface area (Å²) in [5.41, 5.74) is 5.66. The Labute approximate surface area is 111 Å². The second-order valence-electron chi connectivity index (χ2n) is 4.83. The summed E-state index contributed by atoms with van der Waals surface area (Å²) in [4.78, 5) is 24.3. The van der Waals surface area contributed by atoms with Gasteiger partial charge < -0.3 is 10.6 Å². The van der Waals surface area contributed by atoms with Crippen LogP contribution < -0.4 is 5.73 Å². The molecule has 1 saturated carbocycles. The van der Waals surface area contributed by atoms with Crippen molar-refractivity contribution >= 4 is 11.6 Å². The van der Waals surface area contributed by atoms with Gasteiger partial charge in [-0.1, -0.05) is 12.1 Å². The molecule has 0 bridgehead atoms. The maximum atomic E-state index is 12.4. The van der Waals surface area contributed by atoms with Crippen LogP contribution >= 0.6 is 0 Å². The van der Waals surface area contributed by atoms with E-state index in [9.17, 15) is 14.9 Å². The number of amides is 1. The Kier molecular flexibility index (Phi) is 3.80. The van der Waals surface area contributed by atoms with E-state index >= 15 is 0 Å². The highest BCUT2D eigenvalue weighted by molar-refractivity contribution is 5.98. The lowest BCUT2D eigenvalue weighted by Crippen LogP contribution is -2.43. The van der Waals surface area contributed by atoms with E-state index in [1.54, 1.807) is 24.1 Å². The predicted octanol–water partition coefficient (Wildman–Crippen LogP) is 1.40. The molecule has 0 spiro atoms. The van der Waals surface area contributed by atoms with Crippen LogP contribution in [0.1, 0.15) is 23.2 Å². The van der Waals surface area contributed by atoms with E-state index in [2.05, 4.69) is 0 Å². The fraction of sp³-hybridized carbons (Fsp3) is 0.462. The first-order valence-electron chi connectivity index (χ1n) is 6.27. The van der Waals surface area contributed by atoms with Crippen LogP contribution in [-0.4, -0.2) is 35.4 Å². The zero-order chi connectivity index (χ0) is 14.0. The number of rotatable bonds is 5. The van der Waals surface area contributed by atoms with Gasteiger partial charge in [0.25, 0.3) is 11.6 Å². The van der Waals surface area contributed by atoms with Crippen molar-refractivity contribution in [1.29, 1.82) is 0 Å². The quantitative estimate of drug-likeness (QED) is 0.642. The first-order valence-corrected chi connectivity index (χ1v) is 6.27. The number of nitrogens with two attached hydrogens (primary N) is 1. The first-order chi connectivity index (χ1) is 9.06. The van der Waals surface area contributed by atoms with Crippen LogP contribution in [0.25, 0.3) is 0 Å². The van der Waals surface area contributed by atoms with Crippen molar-refractivity contribution in [1.82, 2.24) is 4.90 Å². The minimum Gasteiger partial charge on any atom is -0.337 e. The lowest BCUT2D eigenvalue weighted by molar-refractivity contribution is -0.385. The summed E-state index contributed by atoms with van der Waals surface area (Å²) in [6.07, 6.45) is 2.13. The topological polar surface area (TPSA) is 89.5 Å². The second-order valence-corrected chi connectivity index (χ2v) is 4.83. The van der Waals surface area contributed by atoms with Gasteiger partial charge in [0.2, 0.25) is 0 Å². The molecule has 2 N–H and O–H groups in total. The molecule has 0 heterocycles. The van der Waals surface area contributed by atoms with E-state index in [4.69, 9.17) is 5.73 Å². The molecule has 1 amide bonds. The molecular formula is C13H17N3O3. The van der Waals surface area contributed by atoms with E-state index in [0.717, 1.165) is 12.8 Å². The molecule has 2 rings (SSSR count). The number of nitrogens with zero attached hydrogens (tertiary/aromatic N) is 2. The molecule has 6 nitrogen and oxygen atoms in total. The lowest BCUT2D eigenvalue weighted by atomic mass is 10.1. The summed E-state index contributed by atoms with van der Waals surface area (Å²) in [7, 11) is 1.66. The Balaban J connectivity index is 2.25. The average molecular weight is 263 g/mol. The third-order valence-electron chi connectivity index (χ3n) is 3.56. The van der Waals surface area contributed by atoms with Gasteiger partial charge in [-0.25, -0.2) is 0 Å². The van der Waals surface area contributed by atoms with Crippen molar-refractivity contribution in [3.63, 3.8) is 0 Å². The largest absolute Gasteiger partial charge is 0.337 e. The standard InChI is InChI=1S/C13H17N3O3/c1-15(12(8-14)9-6-7-9)13(17)10-4-2-3-5-11(10)16(18)19/h2-5,9,12H,6-8,14H2,1H3. The molecule has 1 aromatic carbocycles.